The van der Waals surface area contributed by atoms with Gasteiger partial charge in [0.1, 0.15) is 5.82 Å². The Hall–Kier alpha value is -2.97. The Morgan fingerprint density at radius 3 is 2.56 bits per heavy atom. The molecule has 8 heteroatoms. The number of carbonyl (C=O) groups excluding carboxylic acids is 1. The molecule has 2 aromatic carbocycles. The van der Waals surface area contributed by atoms with Crippen molar-refractivity contribution in [2.45, 2.75) is 37.1 Å². The number of amides is 1. The van der Waals surface area contributed by atoms with Crippen LogP contribution in [0.1, 0.15) is 31.2 Å². The van der Waals surface area contributed by atoms with Crippen molar-refractivity contribution >= 4 is 32.7 Å². The average Bonchev–Trinajstić information content (AvgIpc) is 3.43. The van der Waals surface area contributed by atoms with Crippen LogP contribution in [0.15, 0.2) is 65.6 Å². The van der Waals surface area contributed by atoms with E-state index in [9.17, 15) is 13.2 Å². The monoisotopic (exact) mass is 478 g/mol. The maximum absolute atomic E-state index is 12.9. The fourth-order valence-corrected chi connectivity index (χ4v) is 6.39. The Labute approximate surface area is 200 Å². The van der Waals surface area contributed by atoms with E-state index in [4.69, 9.17) is 4.98 Å². The first kappa shape index (κ1) is 22.8. The molecular formula is C26H30N4O3S. The van der Waals surface area contributed by atoms with Gasteiger partial charge in [0.25, 0.3) is 0 Å². The number of nitrogens with one attached hydrogen (secondary N) is 1. The first-order valence-corrected chi connectivity index (χ1v) is 13.4. The Bertz CT molecular complexity index is 1270. The lowest BCUT2D eigenvalue weighted by Crippen LogP contribution is -2.43. The Morgan fingerprint density at radius 2 is 1.76 bits per heavy atom. The highest BCUT2D eigenvalue weighted by Crippen LogP contribution is 2.27. The molecule has 2 aliphatic rings. The first-order valence-electron chi connectivity index (χ1n) is 12.0. The second-order valence-corrected chi connectivity index (χ2v) is 11.1. The minimum atomic E-state index is -3.45. The minimum absolute atomic E-state index is 0.0751. The standard InChI is InChI=1S/C26H30N4O3S/c31-26(27-18-20-7-2-1-3-8-20)22-9-6-14-29(19-22)25-13-10-21-17-23(11-12-24(21)28-25)34(32,33)30-15-4-5-16-30/h1-3,7-8,10-13,17,22H,4-6,9,14-16,18-19H2,(H,27,31)/t22-/m1/s1. The zero-order valence-corrected chi connectivity index (χ0v) is 20.0. The van der Waals surface area contributed by atoms with Crippen molar-refractivity contribution in [1.82, 2.24) is 14.6 Å². The summed E-state index contributed by atoms with van der Waals surface area (Å²) in [5.41, 5.74) is 1.85. The summed E-state index contributed by atoms with van der Waals surface area (Å²) < 4.78 is 27.4. The van der Waals surface area contributed by atoms with E-state index in [2.05, 4.69) is 10.2 Å². The highest BCUT2D eigenvalue weighted by Gasteiger charge is 2.28. The number of carbonyl (C=O) groups is 1. The molecule has 0 saturated carbocycles. The van der Waals surface area contributed by atoms with E-state index in [1.165, 1.54) is 0 Å². The molecule has 0 unspecified atom stereocenters. The topological polar surface area (TPSA) is 82.6 Å². The summed E-state index contributed by atoms with van der Waals surface area (Å²) in [4.78, 5) is 20.1. The molecule has 0 spiro atoms. The van der Waals surface area contributed by atoms with E-state index in [0.717, 1.165) is 54.5 Å². The SMILES string of the molecule is O=C(NCc1ccccc1)[C@@H]1CCCN(c2ccc3cc(S(=O)(=O)N4CCCC4)ccc3n2)C1. The van der Waals surface area contributed by atoms with Gasteiger partial charge in [-0.05, 0) is 61.6 Å². The summed E-state index contributed by atoms with van der Waals surface area (Å²) in [7, 11) is -3.45. The van der Waals surface area contributed by atoms with Crippen molar-refractivity contribution in [3.63, 3.8) is 0 Å². The third-order valence-electron chi connectivity index (χ3n) is 6.77. The maximum atomic E-state index is 12.9. The number of benzene rings is 2. The van der Waals surface area contributed by atoms with Crippen molar-refractivity contribution in [1.29, 1.82) is 0 Å². The number of aromatic nitrogens is 1. The lowest BCUT2D eigenvalue weighted by molar-refractivity contribution is -0.125. The molecule has 0 radical (unpaired) electrons. The van der Waals surface area contributed by atoms with Crippen molar-refractivity contribution in [2.75, 3.05) is 31.1 Å². The zero-order chi connectivity index (χ0) is 23.5. The highest BCUT2D eigenvalue weighted by molar-refractivity contribution is 7.89. The Balaban J connectivity index is 1.28. The molecule has 1 atom stereocenters. The lowest BCUT2D eigenvalue weighted by Gasteiger charge is -2.33. The van der Waals surface area contributed by atoms with E-state index < -0.39 is 10.0 Å². The van der Waals surface area contributed by atoms with E-state index in [0.29, 0.717) is 31.1 Å². The number of hydrogen-bond donors (Lipinski definition) is 1. The summed E-state index contributed by atoms with van der Waals surface area (Å²) in [6.45, 7) is 3.19. The van der Waals surface area contributed by atoms with Crippen LogP contribution in [0, 0.1) is 5.92 Å². The molecule has 2 aliphatic heterocycles. The van der Waals surface area contributed by atoms with Crippen LogP contribution in [0.3, 0.4) is 0 Å². The van der Waals surface area contributed by atoms with Gasteiger partial charge in [-0.15, -0.1) is 0 Å². The third kappa shape index (κ3) is 4.79. The summed E-state index contributed by atoms with van der Waals surface area (Å²) >= 11 is 0. The number of nitrogens with zero attached hydrogens (tertiary/aromatic N) is 3. The molecular weight excluding hydrogens is 448 g/mol. The first-order chi connectivity index (χ1) is 16.5. The van der Waals surface area contributed by atoms with Crippen LogP contribution in [-0.4, -0.2) is 49.8 Å². The molecule has 1 N–H and O–H groups in total. The van der Waals surface area contributed by atoms with E-state index >= 15 is 0 Å². The molecule has 7 nitrogen and oxygen atoms in total. The van der Waals surface area contributed by atoms with Gasteiger partial charge in [-0.1, -0.05) is 30.3 Å². The average molecular weight is 479 g/mol. The molecule has 3 heterocycles. The van der Waals surface area contributed by atoms with Gasteiger partial charge in [0.05, 0.1) is 16.3 Å². The molecule has 2 fully saturated rings. The number of piperidine rings is 1. The van der Waals surface area contributed by atoms with Crippen molar-refractivity contribution < 1.29 is 13.2 Å². The number of sulfonamides is 1. The van der Waals surface area contributed by atoms with E-state index in [1.54, 1.807) is 22.5 Å². The molecule has 5 rings (SSSR count). The van der Waals surface area contributed by atoms with Gasteiger partial charge in [-0.3, -0.25) is 4.79 Å². The second kappa shape index (κ2) is 9.72. The smallest absolute Gasteiger partial charge is 0.243 e. The van der Waals surface area contributed by atoms with E-state index in [-0.39, 0.29) is 11.8 Å². The molecule has 2 saturated heterocycles. The van der Waals surface area contributed by atoms with Gasteiger partial charge in [0.15, 0.2) is 0 Å². The van der Waals surface area contributed by atoms with Crippen LogP contribution in [-0.2, 0) is 21.4 Å². The van der Waals surface area contributed by atoms with Crippen molar-refractivity contribution in [3.05, 3.63) is 66.2 Å². The predicted molar refractivity (Wildman–Crippen MR) is 133 cm³/mol. The summed E-state index contributed by atoms with van der Waals surface area (Å²) in [6.07, 6.45) is 3.62. The number of hydrogen-bond acceptors (Lipinski definition) is 5. The molecule has 0 bridgehead atoms. The van der Waals surface area contributed by atoms with Gasteiger partial charge < -0.3 is 10.2 Å². The summed E-state index contributed by atoms with van der Waals surface area (Å²) in [6, 6.07) is 18.9. The van der Waals surface area contributed by atoms with Crippen LogP contribution >= 0.6 is 0 Å². The lowest BCUT2D eigenvalue weighted by atomic mass is 9.97. The van der Waals surface area contributed by atoms with Crippen LogP contribution in [0.2, 0.25) is 0 Å². The van der Waals surface area contributed by atoms with Gasteiger partial charge in [0, 0.05) is 38.1 Å². The molecule has 1 amide bonds. The van der Waals surface area contributed by atoms with Crippen LogP contribution in [0.25, 0.3) is 10.9 Å². The van der Waals surface area contributed by atoms with Gasteiger partial charge in [-0.2, -0.15) is 4.31 Å². The zero-order valence-electron chi connectivity index (χ0n) is 19.2. The van der Waals surface area contributed by atoms with Gasteiger partial charge in [0.2, 0.25) is 15.9 Å². The van der Waals surface area contributed by atoms with Crippen LogP contribution < -0.4 is 10.2 Å². The number of fused-ring (bicyclic) bond motifs is 1. The largest absolute Gasteiger partial charge is 0.356 e. The van der Waals surface area contributed by atoms with Crippen molar-refractivity contribution in [3.8, 4) is 0 Å². The Kier molecular flexibility index (Phi) is 6.52. The number of anilines is 1. The van der Waals surface area contributed by atoms with Crippen molar-refractivity contribution in [2.24, 2.45) is 5.92 Å². The quantitative estimate of drug-likeness (QED) is 0.586. The normalized spacial score (nSPS) is 19.4. The van der Waals surface area contributed by atoms with Crippen LogP contribution in [0.4, 0.5) is 5.82 Å². The molecule has 3 aromatic rings. The van der Waals surface area contributed by atoms with Gasteiger partial charge >= 0.3 is 0 Å². The van der Waals surface area contributed by atoms with E-state index in [1.807, 2.05) is 42.5 Å². The highest BCUT2D eigenvalue weighted by atomic mass is 32.2. The molecule has 34 heavy (non-hydrogen) atoms. The maximum Gasteiger partial charge on any atom is 0.243 e. The predicted octanol–water partition coefficient (Wildman–Crippen LogP) is 3.55. The molecule has 1 aromatic heterocycles. The van der Waals surface area contributed by atoms with Crippen LogP contribution in [0.5, 0.6) is 0 Å². The molecule has 178 valence electrons. The number of pyridine rings is 1. The fourth-order valence-electron chi connectivity index (χ4n) is 4.84. The summed E-state index contributed by atoms with van der Waals surface area (Å²) in [5.74, 6) is 0.817. The van der Waals surface area contributed by atoms with Gasteiger partial charge in [-0.25, -0.2) is 13.4 Å². The Morgan fingerprint density at radius 1 is 0.971 bits per heavy atom. The fraction of sp³-hybridized carbons (Fsp3) is 0.385. The number of rotatable bonds is 6. The third-order valence-corrected chi connectivity index (χ3v) is 8.67. The molecule has 0 aliphatic carbocycles. The second-order valence-electron chi connectivity index (χ2n) is 9.12. The summed E-state index contributed by atoms with van der Waals surface area (Å²) in [5, 5.41) is 3.87. The minimum Gasteiger partial charge on any atom is -0.356 e.